The van der Waals surface area contributed by atoms with Gasteiger partial charge in [0.1, 0.15) is 6.04 Å². The van der Waals surface area contributed by atoms with Crippen molar-refractivity contribution < 1.29 is 19.6 Å². The number of quaternary nitrogens is 1. The largest absolute Gasteiger partial charge is 0.493 e. The zero-order valence-electron chi connectivity index (χ0n) is 14.7. The first kappa shape index (κ1) is 19.1. The van der Waals surface area contributed by atoms with E-state index in [1.165, 1.54) is 0 Å². The number of hydrogen-bond acceptors (Lipinski definition) is 3. The van der Waals surface area contributed by atoms with Crippen LogP contribution in [-0.2, 0) is 11.3 Å². The zero-order valence-corrected chi connectivity index (χ0v) is 15.5. The fraction of sp³-hybridized carbons (Fsp3) is 0.316. The van der Waals surface area contributed by atoms with Gasteiger partial charge in [0.15, 0.2) is 18.0 Å². The summed E-state index contributed by atoms with van der Waals surface area (Å²) in [6.45, 7) is 2.80. The molecule has 5 nitrogen and oxygen atoms in total. The van der Waals surface area contributed by atoms with Crippen molar-refractivity contribution in [1.82, 2.24) is 5.32 Å². The fourth-order valence-electron chi connectivity index (χ4n) is 2.52. The number of nitrogens with one attached hydrogen (secondary N) is 1. The highest BCUT2D eigenvalue weighted by molar-refractivity contribution is 6.31. The number of rotatable bonds is 8. The van der Waals surface area contributed by atoms with Crippen LogP contribution in [-0.4, -0.2) is 26.7 Å². The SMILES string of the molecule is COc1ccc(CNC(=O)C[NH2+][C@H](C)c2ccccc2Cl)cc1OC. The number of ether oxygens (including phenoxy) is 2. The van der Waals surface area contributed by atoms with E-state index in [2.05, 4.69) is 5.32 Å². The molecule has 1 amide bonds. The van der Waals surface area contributed by atoms with E-state index in [9.17, 15) is 4.79 Å². The Hall–Kier alpha value is -2.24. The molecule has 25 heavy (non-hydrogen) atoms. The van der Waals surface area contributed by atoms with Crippen molar-refractivity contribution in [3.8, 4) is 11.5 Å². The highest BCUT2D eigenvalue weighted by Crippen LogP contribution is 2.27. The van der Waals surface area contributed by atoms with Gasteiger partial charge in [-0.25, -0.2) is 0 Å². The van der Waals surface area contributed by atoms with Crippen LogP contribution < -0.4 is 20.1 Å². The highest BCUT2D eigenvalue weighted by atomic mass is 35.5. The van der Waals surface area contributed by atoms with Gasteiger partial charge in [-0.2, -0.15) is 0 Å². The van der Waals surface area contributed by atoms with Crippen molar-refractivity contribution in [2.75, 3.05) is 20.8 Å². The molecule has 2 aromatic carbocycles. The molecular weight excluding hydrogens is 340 g/mol. The monoisotopic (exact) mass is 363 g/mol. The van der Waals surface area contributed by atoms with Crippen LogP contribution in [0.3, 0.4) is 0 Å². The first-order valence-electron chi connectivity index (χ1n) is 8.10. The van der Waals surface area contributed by atoms with Gasteiger partial charge in [-0.1, -0.05) is 35.9 Å². The Morgan fingerprint density at radius 3 is 2.56 bits per heavy atom. The summed E-state index contributed by atoms with van der Waals surface area (Å²) in [7, 11) is 3.18. The number of carbonyl (C=O) groups excluding carboxylic acids is 1. The molecule has 6 heteroatoms. The van der Waals surface area contributed by atoms with Gasteiger partial charge in [0.25, 0.3) is 5.91 Å². The van der Waals surface area contributed by atoms with E-state index in [1.54, 1.807) is 14.2 Å². The second kappa shape index (κ2) is 9.30. The minimum atomic E-state index is -0.0336. The smallest absolute Gasteiger partial charge is 0.275 e. The number of carbonyl (C=O) groups is 1. The van der Waals surface area contributed by atoms with Crippen molar-refractivity contribution in [3.63, 3.8) is 0 Å². The summed E-state index contributed by atoms with van der Waals surface area (Å²) in [4.78, 5) is 12.1. The summed E-state index contributed by atoms with van der Waals surface area (Å²) in [5.74, 6) is 1.28. The lowest BCUT2D eigenvalue weighted by atomic mass is 10.1. The second-order valence-electron chi connectivity index (χ2n) is 5.72. The molecule has 0 heterocycles. The third-order valence-electron chi connectivity index (χ3n) is 3.99. The first-order chi connectivity index (χ1) is 12.0. The highest BCUT2D eigenvalue weighted by Gasteiger charge is 2.14. The van der Waals surface area contributed by atoms with E-state index in [1.807, 2.05) is 54.7 Å². The van der Waals surface area contributed by atoms with Gasteiger partial charge in [-0.3, -0.25) is 4.79 Å². The molecule has 0 unspecified atom stereocenters. The standard InChI is InChI=1S/C19H23ClN2O3/c1-13(15-6-4-5-7-16(15)20)21-12-19(23)22-11-14-8-9-17(24-2)18(10-14)25-3/h4-10,13,21H,11-12H2,1-3H3,(H,22,23)/p+1/t13-/m1/s1. The molecule has 1 atom stereocenters. The Kier molecular flexibility index (Phi) is 7.10. The van der Waals surface area contributed by atoms with Crippen LogP contribution in [0, 0.1) is 0 Å². The van der Waals surface area contributed by atoms with Crippen LogP contribution in [0.2, 0.25) is 5.02 Å². The third-order valence-corrected chi connectivity index (χ3v) is 4.33. The van der Waals surface area contributed by atoms with Gasteiger partial charge >= 0.3 is 0 Å². The Balaban J connectivity index is 1.84. The van der Waals surface area contributed by atoms with E-state index in [0.717, 1.165) is 16.1 Å². The lowest BCUT2D eigenvalue weighted by Gasteiger charge is -2.13. The molecule has 3 N–H and O–H groups in total. The van der Waals surface area contributed by atoms with E-state index < -0.39 is 0 Å². The molecule has 0 radical (unpaired) electrons. The van der Waals surface area contributed by atoms with Gasteiger partial charge in [-0.15, -0.1) is 0 Å². The molecule has 0 aliphatic carbocycles. The lowest BCUT2D eigenvalue weighted by Crippen LogP contribution is -2.87. The van der Waals surface area contributed by atoms with Gasteiger partial charge in [0, 0.05) is 17.1 Å². The number of amides is 1. The summed E-state index contributed by atoms with van der Waals surface area (Å²) in [6, 6.07) is 13.4. The molecule has 0 fully saturated rings. The van der Waals surface area contributed by atoms with E-state index in [-0.39, 0.29) is 11.9 Å². The minimum Gasteiger partial charge on any atom is -0.493 e. The van der Waals surface area contributed by atoms with Gasteiger partial charge in [-0.05, 0) is 30.7 Å². The Labute approximate surface area is 153 Å². The van der Waals surface area contributed by atoms with E-state index in [0.29, 0.717) is 24.6 Å². The van der Waals surface area contributed by atoms with Crippen LogP contribution in [0.25, 0.3) is 0 Å². The van der Waals surface area contributed by atoms with Crippen molar-refractivity contribution in [1.29, 1.82) is 0 Å². The van der Waals surface area contributed by atoms with Crippen LogP contribution in [0.5, 0.6) is 11.5 Å². The third kappa shape index (κ3) is 5.37. The average molecular weight is 364 g/mol. The molecule has 0 aromatic heterocycles. The van der Waals surface area contributed by atoms with Gasteiger partial charge < -0.3 is 20.1 Å². The molecule has 0 saturated heterocycles. The summed E-state index contributed by atoms with van der Waals surface area (Å²) in [5, 5.41) is 5.59. The van der Waals surface area contributed by atoms with Crippen molar-refractivity contribution >= 4 is 17.5 Å². The molecule has 2 rings (SSSR count). The maximum absolute atomic E-state index is 12.1. The molecule has 0 aliphatic heterocycles. The Morgan fingerprint density at radius 1 is 1.16 bits per heavy atom. The van der Waals surface area contributed by atoms with Crippen molar-refractivity contribution in [2.24, 2.45) is 0 Å². The molecule has 0 spiro atoms. The summed E-state index contributed by atoms with van der Waals surface area (Å²) < 4.78 is 10.5. The van der Waals surface area contributed by atoms with Gasteiger partial charge in [0.05, 0.1) is 14.2 Å². The summed E-state index contributed by atoms with van der Waals surface area (Å²) in [5.41, 5.74) is 1.97. The molecule has 134 valence electrons. The minimum absolute atomic E-state index is 0.0336. The van der Waals surface area contributed by atoms with E-state index >= 15 is 0 Å². The maximum atomic E-state index is 12.1. The van der Waals surface area contributed by atoms with Crippen LogP contribution in [0.4, 0.5) is 0 Å². The van der Waals surface area contributed by atoms with Crippen molar-refractivity contribution in [2.45, 2.75) is 19.5 Å². The summed E-state index contributed by atoms with van der Waals surface area (Å²) >= 11 is 6.19. The Morgan fingerprint density at radius 2 is 1.88 bits per heavy atom. The second-order valence-corrected chi connectivity index (χ2v) is 6.12. The van der Waals surface area contributed by atoms with Gasteiger partial charge in [0.2, 0.25) is 0 Å². The van der Waals surface area contributed by atoms with Crippen LogP contribution >= 0.6 is 11.6 Å². The predicted octanol–water partition coefficient (Wildman–Crippen LogP) is 2.30. The summed E-state index contributed by atoms with van der Waals surface area (Å²) in [6.07, 6.45) is 0. The molecule has 0 aliphatic rings. The molecule has 0 saturated carbocycles. The van der Waals surface area contributed by atoms with Crippen LogP contribution in [0.15, 0.2) is 42.5 Å². The van der Waals surface area contributed by atoms with Crippen LogP contribution in [0.1, 0.15) is 24.1 Å². The maximum Gasteiger partial charge on any atom is 0.275 e. The van der Waals surface area contributed by atoms with E-state index in [4.69, 9.17) is 21.1 Å². The fourth-order valence-corrected chi connectivity index (χ4v) is 2.83. The zero-order chi connectivity index (χ0) is 18.2. The molecule has 2 aromatic rings. The molecule has 0 bridgehead atoms. The first-order valence-corrected chi connectivity index (χ1v) is 8.48. The topological polar surface area (TPSA) is 64.2 Å². The molecular formula is C19H24ClN2O3+. The number of nitrogens with two attached hydrogens (primary N) is 1. The average Bonchev–Trinajstić information content (AvgIpc) is 2.64. The normalized spacial score (nSPS) is 11.7. The predicted molar refractivity (Wildman–Crippen MR) is 98.1 cm³/mol. The lowest BCUT2D eigenvalue weighted by molar-refractivity contribution is -0.682. The Bertz CT molecular complexity index is 722. The number of methoxy groups -OCH3 is 2. The quantitative estimate of drug-likeness (QED) is 0.756. The van der Waals surface area contributed by atoms with Crippen molar-refractivity contribution in [3.05, 3.63) is 58.6 Å². The number of halogens is 1. The number of benzene rings is 2. The number of hydrogen-bond donors (Lipinski definition) is 2.